The maximum atomic E-state index is 5.11. The fourth-order valence-corrected chi connectivity index (χ4v) is 0.806. The lowest BCUT2D eigenvalue weighted by atomic mass is 9.94. The van der Waals surface area contributed by atoms with Crippen LogP contribution in [0.1, 0.15) is 13.8 Å². The van der Waals surface area contributed by atoms with Crippen molar-refractivity contribution in [3.63, 3.8) is 0 Å². The molecular weight excluding hydrogens is 134 g/mol. The lowest BCUT2D eigenvalue weighted by molar-refractivity contribution is 0.138. The van der Waals surface area contributed by atoms with E-state index in [1.807, 2.05) is 0 Å². The molecule has 1 aliphatic rings. The zero-order chi connectivity index (χ0) is 6.91. The SMILES string of the molecule is CC1(C)CNC(=S)OC1. The average molecular weight is 145 g/mol. The van der Waals surface area contributed by atoms with E-state index in [2.05, 4.69) is 19.2 Å². The van der Waals surface area contributed by atoms with Crippen LogP contribution in [0.2, 0.25) is 0 Å². The average Bonchev–Trinajstić information content (AvgIpc) is 1.78. The monoisotopic (exact) mass is 145 g/mol. The van der Waals surface area contributed by atoms with Crippen LogP contribution >= 0.6 is 12.2 Å². The normalized spacial score (nSPS) is 24.4. The zero-order valence-corrected chi connectivity index (χ0v) is 6.55. The second-order valence-electron chi connectivity index (χ2n) is 3.09. The third-order valence-electron chi connectivity index (χ3n) is 1.31. The lowest BCUT2D eigenvalue weighted by Gasteiger charge is -2.30. The molecule has 0 radical (unpaired) electrons. The van der Waals surface area contributed by atoms with Crippen molar-refractivity contribution >= 4 is 17.4 Å². The minimum absolute atomic E-state index is 0.238. The summed E-state index contributed by atoms with van der Waals surface area (Å²) in [6, 6.07) is 0. The van der Waals surface area contributed by atoms with E-state index < -0.39 is 0 Å². The van der Waals surface area contributed by atoms with Gasteiger partial charge >= 0.3 is 0 Å². The van der Waals surface area contributed by atoms with Crippen molar-refractivity contribution in [1.29, 1.82) is 0 Å². The zero-order valence-electron chi connectivity index (χ0n) is 5.73. The highest BCUT2D eigenvalue weighted by Gasteiger charge is 2.23. The molecule has 0 amide bonds. The van der Waals surface area contributed by atoms with Gasteiger partial charge in [-0.3, -0.25) is 0 Å². The third-order valence-corrected chi connectivity index (χ3v) is 1.57. The summed E-state index contributed by atoms with van der Waals surface area (Å²) in [5.74, 6) is 0. The van der Waals surface area contributed by atoms with E-state index >= 15 is 0 Å². The Morgan fingerprint density at radius 1 is 1.67 bits per heavy atom. The van der Waals surface area contributed by atoms with Gasteiger partial charge in [-0.05, 0) is 12.2 Å². The van der Waals surface area contributed by atoms with Crippen LogP contribution in [0.4, 0.5) is 0 Å². The lowest BCUT2D eigenvalue weighted by Crippen LogP contribution is -2.43. The van der Waals surface area contributed by atoms with E-state index in [-0.39, 0.29) is 5.41 Å². The van der Waals surface area contributed by atoms with Gasteiger partial charge in [0.25, 0.3) is 5.17 Å². The van der Waals surface area contributed by atoms with Gasteiger partial charge in [0.15, 0.2) is 0 Å². The van der Waals surface area contributed by atoms with Crippen molar-refractivity contribution in [3.8, 4) is 0 Å². The highest BCUT2D eigenvalue weighted by Crippen LogP contribution is 2.16. The fraction of sp³-hybridized carbons (Fsp3) is 0.833. The molecule has 1 aliphatic heterocycles. The van der Waals surface area contributed by atoms with Crippen molar-refractivity contribution < 1.29 is 4.74 Å². The molecular formula is C6H11NOS. The fourth-order valence-electron chi connectivity index (χ4n) is 0.674. The number of nitrogens with one attached hydrogen (secondary N) is 1. The summed E-state index contributed by atoms with van der Waals surface area (Å²) in [5.41, 5.74) is 0.238. The maximum Gasteiger partial charge on any atom is 0.256 e. The Hall–Kier alpha value is -0.310. The van der Waals surface area contributed by atoms with E-state index in [1.54, 1.807) is 0 Å². The predicted molar refractivity (Wildman–Crippen MR) is 40.3 cm³/mol. The summed E-state index contributed by atoms with van der Waals surface area (Å²) in [4.78, 5) is 0. The maximum absolute atomic E-state index is 5.11. The Labute approximate surface area is 60.6 Å². The topological polar surface area (TPSA) is 21.3 Å². The quantitative estimate of drug-likeness (QED) is 0.512. The van der Waals surface area contributed by atoms with Crippen molar-refractivity contribution in [2.45, 2.75) is 13.8 Å². The summed E-state index contributed by atoms with van der Waals surface area (Å²) in [6.07, 6.45) is 0. The Kier molecular flexibility index (Phi) is 1.62. The minimum Gasteiger partial charge on any atom is -0.470 e. The van der Waals surface area contributed by atoms with Gasteiger partial charge in [-0.1, -0.05) is 13.8 Å². The summed E-state index contributed by atoms with van der Waals surface area (Å²) >= 11 is 4.77. The second kappa shape index (κ2) is 2.14. The van der Waals surface area contributed by atoms with Crippen LogP contribution in [0, 0.1) is 5.41 Å². The molecule has 0 spiro atoms. The Morgan fingerprint density at radius 2 is 2.33 bits per heavy atom. The van der Waals surface area contributed by atoms with Crippen LogP contribution < -0.4 is 5.32 Å². The van der Waals surface area contributed by atoms with E-state index in [0.717, 1.165) is 13.2 Å². The molecule has 0 unspecified atom stereocenters. The first-order valence-corrected chi connectivity index (χ1v) is 3.42. The molecule has 0 bridgehead atoms. The molecule has 0 atom stereocenters. The van der Waals surface area contributed by atoms with Crippen LogP contribution in [0.3, 0.4) is 0 Å². The molecule has 0 aromatic rings. The molecule has 1 saturated heterocycles. The molecule has 0 aromatic carbocycles. The van der Waals surface area contributed by atoms with E-state index in [1.165, 1.54) is 0 Å². The van der Waals surface area contributed by atoms with Crippen molar-refractivity contribution in [1.82, 2.24) is 5.32 Å². The summed E-state index contributed by atoms with van der Waals surface area (Å²) in [6.45, 7) is 5.94. The van der Waals surface area contributed by atoms with Gasteiger partial charge in [0, 0.05) is 12.0 Å². The molecule has 1 fully saturated rings. The highest BCUT2D eigenvalue weighted by atomic mass is 32.1. The molecule has 3 heteroatoms. The number of hydrogen-bond donors (Lipinski definition) is 1. The van der Waals surface area contributed by atoms with E-state index in [4.69, 9.17) is 17.0 Å². The van der Waals surface area contributed by atoms with Gasteiger partial charge < -0.3 is 10.1 Å². The van der Waals surface area contributed by atoms with E-state index in [9.17, 15) is 0 Å². The molecule has 1 rings (SSSR count). The minimum atomic E-state index is 0.238. The van der Waals surface area contributed by atoms with Crippen LogP contribution in [0.25, 0.3) is 0 Å². The molecule has 52 valence electrons. The van der Waals surface area contributed by atoms with Crippen LogP contribution in [-0.2, 0) is 4.74 Å². The molecule has 9 heavy (non-hydrogen) atoms. The number of rotatable bonds is 0. The van der Waals surface area contributed by atoms with Gasteiger partial charge in [0.1, 0.15) is 0 Å². The van der Waals surface area contributed by atoms with Crippen LogP contribution in [0.5, 0.6) is 0 Å². The van der Waals surface area contributed by atoms with Gasteiger partial charge in [-0.15, -0.1) is 0 Å². The third kappa shape index (κ3) is 1.82. The first-order valence-electron chi connectivity index (χ1n) is 3.01. The van der Waals surface area contributed by atoms with Crippen LogP contribution in [-0.4, -0.2) is 18.3 Å². The largest absolute Gasteiger partial charge is 0.470 e. The predicted octanol–water partition coefficient (Wildman–Crippen LogP) is 0.917. The number of ether oxygens (including phenoxy) is 1. The summed E-state index contributed by atoms with van der Waals surface area (Å²) in [5, 5.41) is 3.52. The Balaban J connectivity index is 2.44. The molecule has 0 aliphatic carbocycles. The number of thiocarbonyl (C=S) groups is 1. The highest BCUT2D eigenvalue weighted by molar-refractivity contribution is 7.80. The smallest absolute Gasteiger partial charge is 0.256 e. The first-order chi connectivity index (χ1) is 4.10. The number of hydrogen-bond acceptors (Lipinski definition) is 2. The molecule has 1 N–H and O–H groups in total. The first kappa shape index (κ1) is 6.81. The summed E-state index contributed by atoms with van der Waals surface area (Å²) < 4.78 is 5.11. The molecule has 2 nitrogen and oxygen atoms in total. The van der Waals surface area contributed by atoms with Gasteiger partial charge in [-0.25, -0.2) is 0 Å². The van der Waals surface area contributed by atoms with Crippen molar-refractivity contribution in [2.75, 3.05) is 13.2 Å². The van der Waals surface area contributed by atoms with Gasteiger partial charge in [-0.2, -0.15) is 0 Å². The Morgan fingerprint density at radius 3 is 2.67 bits per heavy atom. The van der Waals surface area contributed by atoms with Crippen LogP contribution in [0.15, 0.2) is 0 Å². The summed E-state index contributed by atoms with van der Waals surface area (Å²) in [7, 11) is 0. The standard InChI is InChI=1S/C6H11NOS/c1-6(2)3-7-5(9)8-4-6/h3-4H2,1-2H3,(H,7,9). The van der Waals surface area contributed by atoms with Crippen molar-refractivity contribution in [2.24, 2.45) is 5.41 Å². The van der Waals surface area contributed by atoms with Gasteiger partial charge in [0.2, 0.25) is 0 Å². The Bertz CT molecular complexity index is 121. The molecule has 0 saturated carbocycles. The molecule has 1 heterocycles. The van der Waals surface area contributed by atoms with E-state index in [0.29, 0.717) is 5.17 Å². The van der Waals surface area contributed by atoms with Gasteiger partial charge in [0.05, 0.1) is 6.61 Å². The second-order valence-corrected chi connectivity index (χ2v) is 3.46. The molecule has 0 aromatic heterocycles. The van der Waals surface area contributed by atoms with Crippen molar-refractivity contribution in [3.05, 3.63) is 0 Å².